The Morgan fingerprint density at radius 1 is 1.35 bits per heavy atom. The summed E-state index contributed by atoms with van der Waals surface area (Å²) in [6, 6.07) is 8.03. The Morgan fingerprint density at radius 3 is 2.57 bits per heavy atom. The molecule has 0 aliphatic heterocycles. The first-order chi connectivity index (χ1) is 11.0. The fourth-order valence-corrected chi connectivity index (χ4v) is 3.01. The van der Waals surface area contributed by atoms with Gasteiger partial charge in [-0.1, -0.05) is 24.3 Å². The lowest BCUT2D eigenvalue weighted by atomic mass is 10.1. The zero-order valence-corrected chi connectivity index (χ0v) is 12.9. The number of amides is 1. The average Bonchev–Trinajstić information content (AvgIpc) is 3.13. The van der Waals surface area contributed by atoms with Crippen molar-refractivity contribution in [2.45, 2.75) is 32.4 Å². The quantitative estimate of drug-likeness (QED) is 0.876. The Labute approximate surface area is 134 Å². The van der Waals surface area contributed by atoms with Crippen molar-refractivity contribution in [3.63, 3.8) is 0 Å². The predicted octanol–water partition coefficient (Wildman–Crippen LogP) is 1.50. The molecule has 0 saturated heterocycles. The number of nitrogens with one attached hydrogen (secondary N) is 1. The number of hydrogen-bond donors (Lipinski definition) is 2. The molecule has 1 aliphatic rings. The lowest BCUT2D eigenvalue weighted by Crippen LogP contribution is -2.39. The molecule has 0 saturated carbocycles. The van der Waals surface area contributed by atoms with Crippen molar-refractivity contribution in [2.24, 2.45) is 5.92 Å². The van der Waals surface area contributed by atoms with E-state index in [1.807, 2.05) is 19.1 Å². The fraction of sp³-hybridized carbons (Fsp3) is 0.353. The Bertz CT molecular complexity index is 713. The van der Waals surface area contributed by atoms with Gasteiger partial charge in [-0.25, -0.2) is 4.79 Å². The standard InChI is InChI=1S/C17H19N3O3/c1-11(9-20-10-15(8-18-20)17(22)23)19-16(21)14-6-12-4-2-3-5-13(12)7-14/h2-5,8,10-11,14H,6-7,9H2,1H3,(H,19,21)(H,22,23). The van der Waals surface area contributed by atoms with Crippen molar-refractivity contribution in [3.8, 4) is 0 Å². The van der Waals surface area contributed by atoms with Crippen LogP contribution < -0.4 is 5.32 Å². The lowest BCUT2D eigenvalue weighted by Gasteiger charge is -2.17. The molecule has 1 amide bonds. The SMILES string of the molecule is CC(Cn1cc(C(=O)O)cn1)NC(=O)C1Cc2ccccc2C1. The maximum absolute atomic E-state index is 12.4. The van der Waals surface area contributed by atoms with E-state index >= 15 is 0 Å². The van der Waals surface area contributed by atoms with Crippen molar-refractivity contribution in [1.29, 1.82) is 0 Å². The van der Waals surface area contributed by atoms with Gasteiger partial charge in [0.05, 0.1) is 18.3 Å². The summed E-state index contributed by atoms with van der Waals surface area (Å²) in [4.78, 5) is 23.2. The van der Waals surface area contributed by atoms with Gasteiger partial charge in [0.1, 0.15) is 0 Å². The molecular formula is C17H19N3O3. The molecule has 0 radical (unpaired) electrons. The molecule has 0 fully saturated rings. The number of nitrogens with zero attached hydrogens (tertiary/aromatic N) is 2. The van der Waals surface area contributed by atoms with E-state index in [0.29, 0.717) is 6.54 Å². The zero-order valence-electron chi connectivity index (χ0n) is 12.9. The maximum atomic E-state index is 12.4. The minimum absolute atomic E-state index is 0.0259. The summed E-state index contributed by atoms with van der Waals surface area (Å²) in [5.41, 5.74) is 2.65. The summed E-state index contributed by atoms with van der Waals surface area (Å²) in [7, 11) is 0. The molecule has 0 spiro atoms. The molecule has 3 rings (SSSR count). The number of carbonyl (C=O) groups is 2. The first kappa shape index (κ1) is 15.3. The van der Waals surface area contributed by atoms with E-state index in [9.17, 15) is 9.59 Å². The van der Waals surface area contributed by atoms with E-state index in [1.165, 1.54) is 28.2 Å². The van der Waals surface area contributed by atoms with Gasteiger partial charge in [-0.2, -0.15) is 5.10 Å². The molecule has 1 unspecified atom stereocenters. The molecule has 1 aromatic heterocycles. The largest absolute Gasteiger partial charge is 0.478 e. The Balaban J connectivity index is 1.55. The number of carbonyl (C=O) groups excluding carboxylic acids is 1. The Hall–Kier alpha value is -2.63. The van der Waals surface area contributed by atoms with E-state index in [2.05, 4.69) is 22.5 Å². The molecule has 1 atom stereocenters. The van der Waals surface area contributed by atoms with E-state index in [1.54, 1.807) is 0 Å². The summed E-state index contributed by atoms with van der Waals surface area (Å²) in [5, 5.41) is 15.9. The van der Waals surface area contributed by atoms with Gasteiger partial charge in [0.2, 0.25) is 5.91 Å². The molecule has 2 N–H and O–H groups in total. The van der Waals surface area contributed by atoms with Gasteiger partial charge in [0.15, 0.2) is 0 Å². The number of carboxylic acid groups (broad SMARTS) is 1. The number of aromatic nitrogens is 2. The molecule has 23 heavy (non-hydrogen) atoms. The first-order valence-electron chi connectivity index (χ1n) is 7.66. The van der Waals surface area contributed by atoms with Crippen LogP contribution in [-0.4, -0.2) is 32.8 Å². The van der Waals surface area contributed by atoms with Crippen LogP contribution in [0.15, 0.2) is 36.7 Å². The second kappa shape index (κ2) is 6.24. The first-order valence-corrected chi connectivity index (χ1v) is 7.66. The molecule has 0 bridgehead atoms. The van der Waals surface area contributed by atoms with Gasteiger partial charge >= 0.3 is 5.97 Å². The molecule has 6 heteroatoms. The summed E-state index contributed by atoms with van der Waals surface area (Å²) in [6.45, 7) is 2.33. The summed E-state index contributed by atoms with van der Waals surface area (Å²) < 4.78 is 1.54. The number of benzene rings is 1. The monoisotopic (exact) mass is 313 g/mol. The van der Waals surface area contributed by atoms with Crippen molar-refractivity contribution in [3.05, 3.63) is 53.3 Å². The molecule has 6 nitrogen and oxygen atoms in total. The Kier molecular flexibility index (Phi) is 4.14. The molecule has 1 heterocycles. The number of aromatic carboxylic acids is 1. The van der Waals surface area contributed by atoms with E-state index in [0.717, 1.165) is 12.8 Å². The lowest BCUT2D eigenvalue weighted by molar-refractivity contribution is -0.125. The fourth-order valence-electron chi connectivity index (χ4n) is 3.01. The predicted molar refractivity (Wildman–Crippen MR) is 84.1 cm³/mol. The average molecular weight is 313 g/mol. The summed E-state index contributed by atoms with van der Waals surface area (Å²) >= 11 is 0. The van der Waals surface area contributed by atoms with Gasteiger partial charge in [0, 0.05) is 18.2 Å². The van der Waals surface area contributed by atoms with Crippen molar-refractivity contribution >= 4 is 11.9 Å². The minimum atomic E-state index is -1.00. The highest BCUT2D eigenvalue weighted by atomic mass is 16.4. The minimum Gasteiger partial charge on any atom is -0.478 e. The van der Waals surface area contributed by atoms with E-state index in [-0.39, 0.29) is 23.4 Å². The Morgan fingerprint density at radius 2 is 2.00 bits per heavy atom. The normalized spacial score (nSPS) is 15.2. The molecule has 2 aromatic rings. The van der Waals surface area contributed by atoms with Gasteiger partial charge in [-0.15, -0.1) is 0 Å². The van der Waals surface area contributed by atoms with E-state index < -0.39 is 5.97 Å². The topological polar surface area (TPSA) is 84.2 Å². The molecule has 120 valence electrons. The van der Waals surface area contributed by atoms with Crippen molar-refractivity contribution in [2.75, 3.05) is 0 Å². The van der Waals surface area contributed by atoms with Gasteiger partial charge < -0.3 is 10.4 Å². The second-order valence-corrected chi connectivity index (χ2v) is 6.04. The number of rotatable bonds is 5. The highest BCUT2D eigenvalue weighted by Crippen LogP contribution is 2.26. The van der Waals surface area contributed by atoms with Crippen molar-refractivity contribution in [1.82, 2.24) is 15.1 Å². The van der Waals surface area contributed by atoms with Crippen molar-refractivity contribution < 1.29 is 14.7 Å². The number of fused-ring (bicyclic) bond motifs is 1. The van der Waals surface area contributed by atoms with Crippen LogP contribution in [0.5, 0.6) is 0 Å². The molecule has 1 aliphatic carbocycles. The third kappa shape index (κ3) is 3.41. The third-order valence-electron chi connectivity index (χ3n) is 4.15. The summed E-state index contributed by atoms with van der Waals surface area (Å²) in [5.74, 6) is -0.988. The van der Waals surface area contributed by atoms with Crippen LogP contribution in [0, 0.1) is 5.92 Å². The summed E-state index contributed by atoms with van der Waals surface area (Å²) in [6.07, 6.45) is 4.33. The van der Waals surface area contributed by atoms with Crippen LogP contribution in [0.25, 0.3) is 0 Å². The highest BCUT2D eigenvalue weighted by Gasteiger charge is 2.27. The highest BCUT2D eigenvalue weighted by molar-refractivity contribution is 5.86. The van der Waals surface area contributed by atoms with Crippen LogP contribution in [0.3, 0.4) is 0 Å². The zero-order chi connectivity index (χ0) is 16.4. The van der Waals surface area contributed by atoms with Gasteiger partial charge in [-0.3, -0.25) is 9.48 Å². The van der Waals surface area contributed by atoms with Crippen LogP contribution >= 0.6 is 0 Å². The molecular weight excluding hydrogens is 294 g/mol. The number of carboxylic acids is 1. The van der Waals surface area contributed by atoms with Gasteiger partial charge in [-0.05, 0) is 30.9 Å². The van der Waals surface area contributed by atoms with Gasteiger partial charge in [0.25, 0.3) is 0 Å². The van der Waals surface area contributed by atoms with Crippen LogP contribution in [-0.2, 0) is 24.2 Å². The van der Waals surface area contributed by atoms with Crippen LogP contribution in [0.4, 0.5) is 0 Å². The smallest absolute Gasteiger partial charge is 0.338 e. The second-order valence-electron chi connectivity index (χ2n) is 6.04. The third-order valence-corrected chi connectivity index (χ3v) is 4.15. The van der Waals surface area contributed by atoms with Crippen LogP contribution in [0.1, 0.15) is 28.4 Å². The van der Waals surface area contributed by atoms with Crippen LogP contribution in [0.2, 0.25) is 0 Å². The maximum Gasteiger partial charge on any atom is 0.338 e. The van der Waals surface area contributed by atoms with E-state index in [4.69, 9.17) is 5.11 Å². The molecule has 1 aromatic carbocycles. The number of hydrogen-bond acceptors (Lipinski definition) is 3.